The molecular formula is C9H10ClFN2O. The number of nitrogens with one attached hydrogen (secondary N) is 2. The van der Waals surface area contributed by atoms with Crippen LogP contribution in [-0.2, 0) is 4.79 Å². The topological polar surface area (TPSA) is 41.1 Å². The molecule has 0 radical (unpaired) electrons. The van der Waals surface area contributed by atoms with Crippen molar-refractivity contribution in [1.82, 2.24) is 5.32 Å². The molecule has 5 heteroatoms. The number of carbonyl (C=O) groups is 1. The summed E-state index contributed by atoms with van der Waals surface area (Å²) in [7, 11) is 1.64. The van der Waals surface area contributed by atoms with Crippen LogP contribution in [0.4, 0.5) is 10.1 Å². The Balaban J connectivity index is 2.72. The van der Waals surface area contributed by atoms with Gasteiger partial charge in [0.15, 0.2) is 0 Å². The van der Waals surface area contributed by atoms with Crippen LogP contribution in [0.5, 0.6) is 0 Å². The molecular weight excluding hydrogens is 207 g/mol. The van der Waals surface area contributed by atoms with Gasteiger partial charge in [-0.3, -0.25) is 4.79 Å². The Labute approximate surface area is 86.3 Å². The van der Waals surface area contributed by atoms with Crippen molar-refractivity contribution in [3.63, 3.8) is 0 Å². The van der Waals surface area contributed by atoms with E-state index < -0.39 is 5.82 Å². The Morgan fingerprint density at radius 1 is 1.57 bits per heavy atom. The molecule has 14 heavy (non-hydrogen) atoms. The van der Waals surface area contributed by atoms with E-state index in [0.717, 1.165) is 6.07 Å². The summed E-state index contributed by atoms with van der Waals surface area (Å²) < 4.78 is 13.1. The number of halogens is 2. The minimum atomic E-state index is -0.540. The second-order valence-corrected chi connectivity index (χ2v) is 3.14. The van der Waals surface area contributed by atoms with Crippen LogP contribution in [0.2, 0.25) is 5.02 Å². The zero-order chi connectivity index (χ0) is 10.6. The standard InChI is InChI=1S/C9H10ClFN2O/c1-12-5-9(14)13-8-3-2-6(10)4-7(8)11/h2-4,12H,5H2,1H3,(H,13,14). The molecule has 2 N–H and O–H groups in total. The first-order valence-electron chi connectivity index (χ1n) is 4.03. The highest BCUT2D eigenvalue weighted by atomic mass is 35.5. The van der Waals surface area contributed by atoms with Crippen molar-refractivity contribution in [1.29, 1.82) is 0 Å². The van der Waals surface area contributed by atoms with Gasteiger partial charge in [-0.25, -0.2) is 4.39 Å². The van der Waals surface area contributed by atoms with Crippen molar-refractivity contribution >= 4 is 23.2 Å². The number of likely N-dealkylation sites (N-methyl/N-ethyl adjacent to an activating group) is 1. The van der Waals surface area contributed by atoms with Gasteiger partial charge in [-0.05, 0) is 25.2 Å². The van der Waals surface area contributed by atoms with E-state index in [1.54, 1.807) is 7.05 Å². The third-order valence-corrected chi connectivity index (χ3v) is 1.78. The van der Waals surface area contributed by atoms with E-state index in [4.69, 9.17) is 11.6 Å². The van der Waals surface area contributed by atoms with Crippen molar-refractivity contribution in [2.75, 3.05) is 18.9 Å². The highest BCUT2D eigenvalue weighted by Crippen LogP contribution is 2.18. The van der Waals surface area contributed by atoms with Crippen LogP contribution in [0.3, 0.4) is 0 Å². The molecule has 0 aliphatic heterocycles. The lowest BCUT2D eigenvalue weighted by Gasteiger charge is -2.05. The predicted octanol–water partition coefficient (Wildman–Crippen LogP) is 1.64. The monoisotopic (exact) mass is 216 g/mol. The highest BCUT2D eigenvalue weighted by molar-refractivity contribution is 6.30. The number of benzene rings is 1. The van der Waals surface area contributed by atoms with Crippen LogP contribution in [0, 0.1) is 5.82 Å². The minimum absolute atomic E-state index is 0.134. The third-order valence-electron chi connectivity index (χ3n) is 1.54. The lowest BCUT2D eigenvalue weighted by molar-refractivity contribution is -0.115. The molecule has 0 aromatic heterocycles. The van der Waals surface area contributed by atoms with E-state index >= 15 is 0 Å². The van der Waals surface area contributed by atoms with E-state index in [2.05, 4.69) is 10.6 Å². The molecule has 0 spiro atoms. The van der Waals surface area contributed by atoms with Crippen molar-refractivity contribution in [2.45, 2.75) is 0 Å². The molecule has 3 nitrogen and oxygen atoms in total. The fourth-order valence-corrected chi connectivity index (χ4v) is 1.10. The van der Waals surface area contributed by atoms with Crippen LogP contribution >= 0.6 is 11.6 Å². The number of amides is 1. The van der Waals surface area contributed by atoms with Gasteiger partial charge in [-0.2, -0.15) is 0 Å². The quantitative estimate of drug-likeness (QED) is 0.807. The summed E-state index contributed by atoms with van der Waals surface area (Å²) in [6.45, 7) is 0.141. The molecule has 76 valence electrons. The van der Waals surface area contributed by atoms with Crippen LogP contribution in [0.1, 0.15) is 0 Å². The van der Waals surface area contributed by atoms with Crippen molar-refractivity contribution in [3.8, 4) is 0 Å². The summed E-state index contributed by atoms with van der Waals surface area (Å²) in [5.41, 5.74) is 0.134. The molecule has 0 saturated heterocycles. The second kappa shape index (κ2) is 4.93. The maximum atomic E-state index is 13.1. The van der Waals surface area contributed by atoms with Gasteiger partial charge in [0.05, 0.1) is 12.2 Å². The SMILES string of the molecule is CNCC(=O)Nc1ccc(Cl)cc1F. The fourth-order valence-electron chi connectivity index (χ4n) is 0.946. The van der Waals surface area contributed by atoms with Gasteiger partial charge in [0.1, 0.15) is 5.82 Å². The number of hydrogen-bond donors (Lipinski definition) is 2. The summed E-state index contributed by atoms with van der Waals surface area (Å²) in [4.78, 5) is 11.1. The predicted molar refractivity (Wildman–Crippen MR) is 54.0 cm³/mol. The largest absolute Gasteiger partial charge is 0.322 e. The number of carbonyl (C=O) groups excluding carboxylic acids is 1. The summed E-state index contributed by atoms with van der Waals surface area (Å²) in [5.74, 6) is -0.837. The molecule has 0 unspecified atom stereocenters. The first kappa shape index (κ1) is 10.9. The van der Waals surface area contributed by atoms with Gasteiger partial charge in [0.2, 0.25) is 5.91 Å². The first-order valence-corrected chi connectivity index (χ1v) is 4.41. The summed E-state index contributed by atoms with van der Waals surface area (Å²) in [5, 5.41) is 5.36. The van der Waals surface area contributed by atoms with Gasteiger partial charge in [0.25, 0.3) is 0 Å². The zero-order valence-corrected chi connectivity index (χ0v) is 8.36. The summed E-state index contributed by atoms with van der Waals surface area (Å²) in [6.07, 6.45) is 0. The average molecular weight is 217 g/mol. The molecule has 0 atom stereocenters. The fraction of sp³-hybridized carbons (Fsp3) is 0.222. The van der Waals surface area contributed by atoms with Gasteiger partial charge in [0, 0.05) is 5.02 Å². The normalized spacial score (nSPS) is 9.93. The third kappa shape index (κ3) is 2.97. The second-order valence-electron chi connectivity index (χ2n) is 2.70. The van der Waals surface area contributed by atoms with Gasteiger partial charge in [-0.15, -0.1) is 0 Å². The molecule has 0 aliphatic rings. The lowest BCUT2D eigenvalue weighted by Crippen LogP contribution is -2.25. The molecule has 0 heterocycles. The maximum Gasteiger partial charge on any atom is 0.238 e. The Kier molecular flexibility index (Phi) is 3.85. The highest BCUT2D eigenvalue weighted by Gasteiger charge is 2.05. The molecule has 1 amide bonds. The van der Waals surface area contributed by atoms with Crippen LogP contribution in [0.15, 0.2) is 18.2 Å². The van der Waals surface area contributed by atoms with Crippen molar-refractivity contribution in [2.24, 2.45) is 0 Å². The zero-order valence-electron chi connectivity index (χ0n) is 7.60. The van der Waals surface area contributed by atoms with E-state index in [0.29, 0.717) is 5.02 Å². The van der Waals surface area contributed by atoms with Crippen molar-refractivity contribution < 1.29 is 9.18 Å². The van der Waals surface area contributed by atoms with Gasteiger partial charge >= 0.3 is 0 Å². The van der Waals surface area contributed by atoms with Crippen LogP contribution in [0.25, 0.3) is 0 Å². The average Bonchev–Trinajstić information content (AvgIpc) is 2.10. The number of anilines is 1. The van der Waals surface area contributed by atoms with E-state index in [1.165, 1.54) is 12.1 Å². The van der Waals surface area contributed by atoms with Crippen molar-refractivity contribution in [3.05, 3.63) is 29.0 Å². The molecule has 1 aromatic rings. The van der Waals surface area contributed by atoms with Crippen LogP contribution in [-0.4, -0.2) is 19.5 Å². The lowest BCUT2D eigenvalue weighted by atomic mass is 10.3. The molecule has 0 saturated carbocycles. The Morgan fingerprint density at radius 2 is 2.29 bits per heavy atom. The Hall–Kier alpha value is -1.13. The van der Waals surface area contributed by atoms with Crippen LogP contribution < -0.4 is 10.6 Å². The summed E-state index contributed by atoms with van der Waals surface area (Å²) >= 11 is 5.55. The molecule has 1 rings (SSSR count). The minimum Gasteiger partial charge on any atom is -0.322 e. The number of hydrogen-bond acceptors (Lipinski definition) is 2. The van der Waals surface area contributed by atoms with E-state index in [9.17, 15) is 9.18 Å². The van der Waals surface area contributed by atoms with E-state index in [1.807, 2.05) is 0 Å². The summed E-state index contributed by atoms with van der Waals surface area (Å²) in [6, 6.07) is 4.08. The molecule has 0 fully saturated rings. The molecule has 0 bridgehead atoms. The Bertz CT molecular complexity index is 344. The molecule has 1 aromatic carbocycles. The Morgan fingerprint density at radius 3 is 2.86 bits per heavy atom. The molecule has 0 aliphatic carbocycles. The van der Waals surface area contributed by atoms with Gasteiger partial charge < -0.3 is 10.6 Å². The number of rotatable bonds is 3. The van der Waals surface area contributed by atoms with Gasteiger partial charge in [-0.1, -0.05) is 11.6 Å². The smallest absolute Gasteiger partial charge is 0.238 e. The maximum absolute atomic E-state index is 13.1. The first-order chi connectivity index (χ1) is 6.63. The van der Waals surface area contributed by atoms with E-state index in [-0.39, 0.29) is 18.1 Å².